The lowest BCUT2D eigenvalue weighted by Crippen LogP contribution is -2.10. The summed E-state index contributed by atoms with van der Waals surface area (Å²) in [5.41, 5.74) is 10.6. The van der Waals surface area contributed by atoms with Crippen molar-refractivity contribution in [1.82, 2.24) is 8.97 Å². The Morgan fingerprint density at radius 3 is 1.53 bits per heavy atom. The quantitative estimate of drug-likeness (QED) is 0.165. The molecule has 57 heavy (non-hydrogen) atoms. The molecule has 3 heterocycles. The third-order valence-corrected chi connectivity index (χ3v) is 12.4. The van der Waals surface area contributed by atoms with Crippen LogP contribution in [0.5, 0.6) is 0 Å². The van der Waals surface area contributed by atoms with Gasteiger partial charge in [0.25, 0.3) is 0 Å². The molecule has 3 nitrogen and oxygen atoms in total. The highest BCUT2D eigenvalue weighted by atomic mass is 15.1. The van der Waals surface area contributed by atoms with E-state index >= 15 is 0 Å². The molecule has 0 aliphatic carbocycles. The summed E-state index contributed by atoms with van der Waals surface area (Å²) in [5, 5.41) is 15.2. The Hall–Kier alpha value is -7.62. The van der Waals surface area contributed by atoms with Crippen LogP contribution in [0.3, 0.4) is 0 Å². The number of hydrogen-bond acceptors (Lipinski definition) is 1. The summed E-state index contributed by atoms with van der Waals surface area (Å²) in [6, 6.07) is 73.8. The van der Waals surface area contributed by atoms with Gasteiger partial charge in [-0.3, -0.25) is 0 Å². The number of hydrogen-bond donors (Lipinski definition) is 0. The molecular weight excluding hydrogens is 691 g/mol. The Balaban J connectivity index is 1.16. The predicted octanol–water partition coefficient (Wildman–Crippen LogP) is 14.9. The molecule has 0 bridgehead atoms. The number of rotatable bonds is 4. The Morgan fingerprint density at radius 1 is 0.298 bits per heavy atom. The molecule has 0 unspecified atom stereocenters. The van der Waals surface area contributed by atoms with Crippen molar-refractivity contribution in [3.05, 3.63) is 200 Å². The van der Waals surface area contributed by atoms with Crippen molar-refractivity contribution >= 4 is 109 Å². The highest BCUT2D eigenvalue weighted by Crippen LogP contribution is 2.48. The Kier molecular flexibility index (Phi) is 6.16. The molecule has 3 heteroatoms. The van der Waals surface area contributed by atoms with Gasteiger partial charge in [-0.1, -0.05) is 140 Å². The van der Waals surface area contributed by atoms with Crippen molar-refractivity contribution in [2.45, 2.75) is 0 Å². The van der Waals surface area contributed by atoms with E-state index in [-0.39, 0.29) is 0 Å². The molecule has 0 radical (unpaired) electrons. The standard InChI is InChI=1S/C54H33N3/c1-2-14-34(15-3-1)56-48-24-10-8-20-42(48)44-31-29-36(33-52(44)56)55(35-28-30-41-39-18-5-4-16-37(39)38-17-6-7-19-40(38)47(41)32-35)50-26-13-27-51-53(50)46-23-12-22-45-43-21-9-11-25-49(43)57(51)54(45)46/h1-33H. The summed E-state index contributed by atoms with van der Waals surface area (Å²) in [4.78, 5) is 2.50. The second kappa shape index (κ2) is 11.5. The molecule has 13 aromatic rings. The van der Waals surface area contributed by atoms with E-state index in [0.717, 1.165) is 22.7 Å². The molecule has 3 aromatic heterocycles. The van der Waals surface area contributed by atoms with E-state index in [4.69, 9.17) is 0 Å². The number of anilines is 3. The molecular formula is C54H33N3. The van der Waals surface area contributed by atoms with Gasteiger partial charge in [-0.25, -0.2) is 0 Å². The first-order chi connectivity index (χ1) is 28.3. The highest BCUT2D eigenvalue weighted by molar-refractivity contribution is 6.28. The van der Waals surface area contributed by atoms with Gasteiger partial charge >= 0.3 is 0 Å². The van der Waals surface area contributed by atoms with Crippen LogP contribution in [0.1, 0.15) is 0 Å². The van der Waals surface area contributed by atoms with Crippen LogP contribution < -0.4 is 4.90 Å². The number of benzene rings is 10. The minimum Gasteiger partial charge on any atom is -0.310 e. The first-order valence-electron chi connectivity index (χ1n) is 19.7. The van der Waals surface area contributed by atoms with Crippen molar-refractivity contribution in [2.24, 2.45) is 0 Å². The molecule has 0 aliphatic rings. The van der Waals surface area contributed by atoms with E-state index in [2.05, 4.69) is 214 Å². The van der Waals surface area contributed by atoms with E-state index in [9.17, 15) is 0 Å². The molecule has 264 valence electrons. The molecule has 0 spiro atoms. The van der Waals surface area contributed by atoms with Crippen LogP contribution in [-0.4, -0.2) is 8.97 Å². The topological polar surface area (TPSA) is 12.6 Å². The second-order valence-electron chi connectivity index (χ2n) is 15.3. The van der Waals surface area contributed by atoms with E-state index in [1.165, 1.54) is 92.2 Å². The third-order valence-electron chi connectivity index (χ3n) is 12.4. The lowest BCUT2D eigenvalue weighted by Gasteiger charge is -2.27. The van der Waals surface area contributed by atoms with Crippen molar-refractivity contribution in [3.8, 4) is 5.69 Å². The minimum absolute atomic E-state index is 1.11. The second-order valence-corrected chi connectivity index (χ2v) is 15.3. The van der Waals surface area contributed by atoms with E-state index < -0.39 is 0 Å². The van der Waals surface area contributed by atoms with Gasteiger partial charge in [-0.05, 0) is 93.0 Å². The zero-order valence-electron chi connectivity index (χ0n) is 30.9. The predicted molar refractivity (Wildman–Crippen MR) is 243 cm³/mol. The molecule has 0 atom stereocenters. The van der Waals surface area contributed by atoms with Crippen molar-refractivity contribution in [3.63, 3.8) is 0 Å². The molecule has 0 fully saturated rings. The first-order valence-corrected chi connectivity index (χ1v) is 19.7. The van der Waals surface area contributed by atoms with Crippen LogP contribution in [0.2, 0.25) is 0 Å². The summed E-state index contributed by atoms with van der Waals surface area (Å²) in [7, 11) is 0. The fraction of sp³-hybridized carbons (Fsp3) is 0. The average molecular weight is 724 g/mol. The number of para-hydroxylation sites is 4. The Bertz CT molecular complexity index is 3720. The first kappa shape index (κ1) is 30.7. The molecule has 0 amide bonds. The van der Waals surface area contributed by atoms with Crippen LogP contribution in [0.4, 0.5) is 17.1 Å². The zero-order chi connectivity index (χ0) is 37.2. The van der Waals surface area contributed by atoms with Gasteiger partial charge in [0.2, 0.25) is 0 Å². The van der Waals surface area contributed by atoms with Crippen LogP contribution in [0.25, 0.3) is 97.9 Å². The van der Waals surface area contributed by atoms with Gasteiger partial charge in [-0.15, -0.1) is 0 Å². The third kappa shape index (κ3) is 4.15. The number of aromatic nitrogens is 2. The summed E-state index contributed by atoms with van der Waals surface area (Å²) < 4.78 is 4.90. The van der Waals surface area contributed by atoms with E-state index in [1.54, 1.807) is 0 Å². The van der Waals surface area contributed by atoms with Gasteiger partial charge in [0.05, 0.1) is 33.3 Å². The van der Waals surface area contributed by atoms with E-state index in [0.29, 0.717) is 0 Å². The summed E-state index contributed by atoms with van der Waals surface area (Å²) in [6.07, 6.45) is 0. The fourth-order valence-electron chi connectivity index (χ4n) is 10.1. The van der Waals surface area contributed by atoms with Crippen LogP contribution >= 0.6 is 0 Å². The lowest BCUT2D eigenvalue weighted by atomic mass is 9.94. The molecule has 13 rings (SSSR count). The Labute approximate surface area is 327 Å². The number of fused-ring (bicyclic) bond motifs is 15. The maximum Gasteiger partial charge on any atom is 0.0621 e. The largest absolute Gasteiger partial charge is 0.310 e. The van der Waals surface area contributed by atoms with Crippen molar-refractivity contribution < 1.29 is 0 Å². The smallest absolute Gasteiger partial charge is 0.0621 e. The molecule has 0 saturated carbocycles. The zero-order valence-corrected chi connectivity index (χ0v) is 30.9. The summed E-state index contributed by atoms with van der Waals surface area (Å²) in [5.74, 6) is 0. The minimum atomic E-state index is 1.11. The molecule has 0 aliphatic heterocycles. The maximum absolute atomic E-state index is 2.50. The van der Waals surface area contributed by atoms with Crippen molar-refractivity contribution in [2.75, 3.05) is 4.90 Å². The van der Waals surface area contributed by atoms with Gasteiger partial charge in [-0.2, -0.15) is 0 Å². The SMILES string of the molecule is c1ccc(-n2c3ccccc3c3ccc(N(c4ccc5c6ccccc6c6ccccc6c5c4)c4cccc5c4c4cccc6c7ccccc7n5c64)cc32)cc1. The van der Waals surface area contributed by atoms with Gasteiger partial charge in [0.1, 0.15) is 0 Å². The summed E-state index contributed by atoms with van der Waals surface area (Å²) in [6.45, 7) is 0. The summed E-state index contributed by atoms with van der Waals surface area (Å²) >= 11 is 0. The van der Waals surface area contributed by atoms with E-state index in [1.807, 2.05) is 0 Å². The van der Waals surface area contributed by atoms with Gasteiger partial charge in [0.15, 0.2) is 0 Å². The lowest BCUT2D eigenvalue weighted by molar-refractivity contribution is 1.18. The molecule has 10 aromatic carbocycles. The van der Waals surface area contributed by atoms with Crippen LogP contribution in [0, 0.1) is 0 Å². The van der Waals surface area contributed by atoms with Crippen LogP contribution in [0.15, 0.2) is 200 Å². The average Bonchev–Trinajstić information content (AvgIpc) is 3.92. The highest BCUT2D eigenvalue weighted by Gasteiger charge is 2.24. The van der Waals surface area contributed by atoms with Crippen LogP contribution in [-0.2, 0) is 0 Å². The number of nitrogens with zero attached hydrogens (tertiary/aromatic N) is 3. The Morgan fingerprint density at radius 2 is 0.789 bits per heavy atom. The molecule has 0 N–H and O–H groups in total. The molecule has 0 saturated heterocycles. The maximum atomic E-state index is 2.50. The monoisotopic (exact) mass is 723 g/mol. The fourth-order valence-corrected chi connectivity index (χ4v) is 10.1. The normalized spacial score (nSPS) is 12.2. The van der Waals surface area contributed by atoms with Gasteiger partial charge in [0, 0.05) is 49.4 Å². The van der Waals surface area contributed by atoms with Gasteiger partial charge < -0.3 is 13.9 Å². The van der Waals surface area contributed by atoms with Crippen molar-refractivity contribution in [1.29, 1.82) is 0 Å².